The molecule has 1 aliphatic carbocycles. The SMILES string of the molecule is O=C(NCC1COC1)[C@H]1C[C@@H](c2c(-c3ccc(F)cc3)[nH]c3c(F)cc(F)cc32)C1. The highest BCUT2D eigenvalue weighted by atomic mass is 19.1. The molecular weight excluding hydrogens is 393 g/mol. The van der Waals surface area contributed by atoms with Crippen LogP contribution in [0, 0.1) is 29.3 Å². The van der Waals surface area contributed by atoms with Crippen LogP contribution in [0.4, 0.5) is 13.2 Å². The third-order valence-corrected chi connectivity index (χ3v) is 6.19. The van der Waals surface area contributed by atoms with E-state index in [0.29, 0.717) is 55.2 Å². The van der Waals surface area contributed by atoms with E-state index in [4.69, 9.17) is 4.74 Å². The highest BCUT2D eigenvalue weighted by Crippen LogP contribution is 2.48. The monoisotopic (exact) mass is 414 g/mol. The molecule has 2 N–H and O–H groups in total. The topological polar surface area (TPSA) is 54.1 Å². The van der Waals surface area contributed by atoms with E-state index in [1.54, 1.807) is 12.1 Å². The molecule has 1 saturated heterocycles. The van der Waals surface area contributed by atoms with Gasteiger partial charge in [0.05, 0.1) is 24.4 Å². The Labute approximate surface area is 171 Å². The number of amides is 1. The molecule has 0 unspecified atom stereocenters. The van der Waals surface area contributed by atoms with Crippen molar-refractivity contribution >= 4 is 16.8 Å². The van der Waals surface area contributed by atoms with Crippen LogP contribution in [-0.4, -0.2) is 30.6 Å². The number of aromatic nitrogens is 1. The van der Waals surface area contributed by atoms with Crippen molar-refractivity contribution in [2.24, 2.45) is 11.8 Å². The molecule has 1 aliphatic heterocycles. The van der Waals surface area contributed by atoms with Gasteiger partial charge in [0.1, 0.15) is 17.5 Å². The third kappa shape index (κ3) is 3.37. The first-order valence-electron chi connectivity index (χ1n) is 10.1. The van der Waals surface area contributed by atoms with Crippen LogP contribution < -0.4 is 5.32 Å². The van der Waals surface area contributed by atoms with Gasteiger partial charge in [0, 0.05) is 29.8 Å². The van der Waals surface area contributed by atoms with E-state index in [1.807, 2.05) is 0 Å². The van der Waals surface area contributed by atoms with Gasteiger partial charge in [-0.05, 0) is 60.2 Å². The summed E-state index contributed by atoms with van der Waals surface area (Å²) in [6, 6.07) is 8.06. The summed E-state index contributed by atoms with van der Waals surface area (Å²) in [5, 5.41) is 3.45. The Balaban J connectivity index is 1.43. The van der Waals surface area contributed by atoms with E-state index < -0.39 is 11.6 Å². The lowest BCUT2D eigenvalue weighted by Crippen LogP contribution is -2.43. The minimum atomic E-state index is -0.670. The average molecular weight is 414 g/mol. The number of hydrogen-bond donors (Lipinski definition) is 2. The summed E-state index contributed by atoms with van der Waals surface area (Å²) in [5.74, 6) is -1.43. The van der Waals surface area contributed by atoms with Gasteiger partial charge in [-0.15, -0.1) is 0 Å². The fourth-order valence-electron chi connectivity index (χ4n) is 4.37. The molecule has 5 rings (SSSR count). The number of aromatic amines is 1. The number of carbonyl (C=O) groups is 1. The minimum absolute atomic E-state index is 0.0113. The molecule has 2 heterocycles. The van der Waals surface area contributed by atoms with Crippen molar-refractivity contribution in [3.63, 3.8) is 0 Å². The van der Waals surface area contributed by atoms with Crippen LogP contribution in [0.15, 0.2) is 36.4 Å². The molecule has 2 aromatic carbocycles. The van der Waals surface area contributed by atoms with Gasteiger partial charge in [-0.25, -0.2) is 13.2 Å². The largest absolute Gasteiger partial charge is 0.381 e. The first kappa shape index (κ1) is 19.2. The van der Waals surface area contributed by atoms with Crippen LogP contribution in [-0.2, 0) is 9.53 Å². The molecule has 0 spiro atoms. The molecule has 0 bridgehead atoms. The Kier molecular flexibility index (Phi) is 4.77. The molecule has 4 nitrogen and oxygen atoms in total. The number of nitrogens with one attached hydrogen (secondary N) is 2. The molecule has 30 heavy (non-hydrogen) atoms. The summed E-state index contributed by atoms with van der Waals surface area (Å²) >= 11 is 0. The number of hydrogen-bond acceptors (Lipinski definition) is 2. The molecule has 2 fully saturated rings. The van der Waals surface area contributed by atoms with Crippen molar-refractivity contribution in [1.82, 2.24) is 10.3 Å². The molecular formula is C23H21F3N2O2. The molecule has 0 radical (unpaired) electrons. The first-order chi connectivity index (χ1) is 14.5. The van der Waals surface area contributed by atoms with Crippen molar-refractivity contribution < 1.29 is 22.7 Å². The Morgan fingerprint density at radius 1 is 1.07 bits per heavy atom. The van der Waals surface area contributed by atoms with E-state index in [-0.39, 0.29) is 29.1 Å². The van der Waals surface area contributed by atoms with Gasteiger partial charge in [0.15, 0.2) is 0 Å². The van der Waals surface area contributed by atoms with E-state index in [1.165, 1.54) is 18.2 Å². The molecule has 0 atom stereocenters. The van der Waals surface area contributed by atoms with Crippen molar-refractivity contribution in [2.45, 2.75) is 18.8 Å². The number of benzene rings is 2. The lowest BCUT2D eigenvalue weighted by atomic mass is 9.70. The van der Waals surface area contributed by atoms with E-state index in [2.05, 4.69) is 10.3 Å². The van der Waals surface area contributed by atoms with Crippen LogP contribution in [0.5, 0.6) is 0 Å². The predicted octanol–water partition coefficient (Wildman–Crippen LogP) is 4.51. The minimum Gasteiger partial charge on any atom is -0.381 e. The predicted molar refractivity (Wildman–Crippen MR) is 106 cm³/mol. The summed E-state index contributed by atoms with van der Waals surface area (Å²) in [7, 11) is 0. The molecule has 156 valence electrons. The fraction of sp³-hybridized carbons (Fsp3) is 0.348. The standard InChI is InChI=1S/C23H21F3N2O2/c24-16-3-1-13(2-4-16)21-20(18-7-17(25)8-19(26)22(18)28-21)14-5-15(6-14)23(29)27-9-12-10-30-11-12/h1-4,7-8,12,14-15,28H,5-6,9-11H2,(H,27,29)/t14-,15+. The average Bonchev–Trinajstić information content (AvgIpc) is 2.99. The Morgan fingerprint density at radius 3 is 2.47 bits per heavy atom. The summed E-state index contributed by atoms with van der Waals surface area (Å²) in [6.45, 7) is 1.98. The first-order valence-corrected chi connectivity index (χ1v) is 10.1. The van der Waals surface area contributed by atoms with Gasteiger partial charge in [0.2, 0.25) is 5.91 Å². The third-order valence-electron chi connectivity index (χ3n) is 6.19. The van der Waals surface area contributed by atoms with Crippen LogP contribution in [0.1, 0.15) is 24.3 Å². The van der Waals surface area contributed by atoms with Crippen molar-refractivity contribution in [3.05, 3.63) is 59.4 Å². The van der Waals surface area contributed by atoms with E-state index in [9.17, 15) is 18.0 Å². The number of H-pyrrole nitrogens is 1. The van der Waals surface area contributed by atoms with Crippen LogP contribution in [0.2, 0.25) is 0 Å². The molecule has 1 saturated carbocycles. The van der Waals surface area contributed by atoms with Gasteiger partial charge in [-0.1, -0.05) is 0 Å². The quantitative estimate of drug-likeness (QED) is 0.646. The Bertz CT molecular complexity index is 1100. The number of halogens is 3. The van der Waals surface area contributed by atoms with E-state index >= 15 is 0 Å². The molecule has 1 aromatic heterocycles. The van der Waals surface area contributed by atoms with Crippen molar-refractivity contribution in [1.29, 1.82) is 0 Å². The lowest BCUT2D eigenvalue weighted by molar-refractivity contribution is -0.129. The highest BCUT2D eigenvalue weighted by Gasteiger charge is 2.38. The normalized spacial score (nSPS) is 21.3. The number of ether oxygens (including phenoxy) is 1. The molecule has 3 aromatic rings. The summed E-state index contributed by atoms with van der Waals surface area (Å²) in [5.41, 5.74) is 2.35. The Morgan fingerprint density at radius 2 is 1.80 bits per heavy atom. The van der Waals surface area contributed by atoms with Crippen molar-refractivity contribution in [3.8, 4) is 11.3 Å². The summed E-state index contributed by atoms with van der Waals surface area (Å²) in [4.78, 5) is 15.5. The van der Waals surface area contributed by atoms with Gasteiger partial charge in [-0.3, -0.25) is 4.79 Å². The molecule has 1 amide bonds. The number of carbonyl (C=O) groups excluding carboxylic acids is 1. The van der Waals surface area contributed by atoms with Crippen LogP contribution >= 0.6 is 0 Å². The van der Waals surface area contributed by atoms with Gasteiger partial charge >= 0.3 is 0 Å². The second-order valence-corrected chi connectivity index (χ2v) is 8.24. The van der Waals surface area contributed by atoms with Crippen molar-refractivity contribution in [2.75, 3.05) is 19.8 Å². The second-order valence-electron chi connectivity index (χ2n) is 8.24. The molecule has 2 aliphatic rings. The fourth-order valence-corrected chi connectivity index (χ4v) is 4.37. The lowest BCUT2D eigenvalue weighted by Gasteiger charge is -2.36. The van der Waals surface area contributed by atoms with Gasteiger partial charge in [0.25, 0.3) is 0 Å². The summed E-state index contributed by atoms with van der Waals surface area (Å²) < 4.78 is 46.9. The maximum Gasteiger partial charge on any atom is 0.223 e. The van der Waals surface area contributed by atoms with Crippen LogP contribution in [0.25, 0.3) is 22.2 Å². The maximum absolute atomic E-state index is 14.4. The second kappa shape index (κ2) is 7.47. The van der Waals surface area contributed by atoms with Gasteiger partial charge in [-0.2, -0.15) is 0 Å². The summed E-state index contributed by atoms with van der Waals surface area (Å²) in [6.07, 6.45) is 1.21. The number of rotatable bonds is 5. The molecule has 7 heteroatoms. The highest BCUT2D eigenvalue weighted by molar-refractivity contribution is 5.92. The number of fused-ring (bicyclic) bond motifs is 1. The van der Waals surface area contributed by atoms with Gasteiger partial charge < -0.3 is 15.0 Å². The zero-order chi connectivity index (χ0) is 20.8. The van der Waals surface area contributed by atoms with Crippen LogP contribution in [0.3, 0.4) is 0 Å². The maximum atomic E-state index is 14.4. The zero-order valence-corrected chi connectivity index (χ0v) is 16.2. The zero-order valence-electron chi connectivity index (χ0n) is 16.2. The smallest absolute Gasteiger partial charge is 0.223 e. The van der Waals surface area contributed by atoms with E-state index in [0.717, 1.165) is 11.6 Å². The Hall–Kier alpha value is -2.80.